The van der Waals surface area contributed by atoms with Crippen molar-refractivity contribution in [3.05, 3.63) is 82.6 Å². The van der Waals surface area contributed by atoms with Gasteiger partial charge in [-0.15, -0.1) is 0 Å². The first-order valence-corrected chi connectivity index (χ1v) is 7.88. The highest BCUT2D eigenvalue weighted by molar-refractivity contribution is 6.36. The second-order valence-electron chi connectivity index (χ2n) is 5.56. The number of esters is 1. The number of methoxy groups -OCH3 is 1. The van der Waals surface area contributed by atoms with Gasteiger partial charge in [0.25, 0.3) is 5.91 Å². The fourth-order valence-corrected chi connectivity index (χ4v) is 2.65. The first-order valence-electron chi connectivity index (χ1n) is 7.88. The number of amides is 1. The predicted octanol–water partition coefficient (Wildman–Crippen LogP) is 3.08. The van der Waals surface area contributed by atoms with Gasteiger partial charge in [-0.05, 0) is 19.1 Å². The van der Waals surface area contributed by atoms with Crippen LogP contribution in [0.4, 0.5) is 0 Å². The number of aliphatic imine (C=N–C) groups is 2. The van der Waals surface area contributed by atoms with Crippen LogP contribution in [0.1, 0.15) is 28.4 Å². The molecule has 2 aromatic carbocycles. The molecule has 1 N–H and O–H groups in total. The minimum Gasteiger partial charge on any atom is -0.512 e. The molecular formula is C20H16N2O4. The zero-order valence-corrected chi connectivity index (χ0v) is 14.3. The second-order valence-corrected chi connectivity index (χ2v) is 5.56. The summed E-state index contributed by atoms with van der Waals surface area (Å²) in [7, 11) is 1.22. The van der Waals surface area contributed by atoms with Crippen LogP contribution in [0.5, 0.6) is 0 Å². The number of benzene rings is 2. The van der Waals surface area contributed by atoms with E-state index in [1.54, 1.807) is 48.5 Å². The standard InChI is InChI=1S/C20H16N2O4/c1-12(23)16(20(25)26-2)17-14-10-6-7-11-15(14)18(21-17)22-19(24)13-8-4-3-5-9-13/h3-11,23H,1-2H3/b16-12+,22-18?. The summed E-state index contributed by atoms with van der Waals surface area (Å²) < 4.78 is 4.74. The molecule has 0 saturated heterocycles. The molecule has 130 valence electrons. The van der Waals surface area contributed by atoms with Gasteiger partial charge in [0.05, 0.1) is 12.8 Å². The summed E-state index contributed by atoms with van der Waals surface area (Å²) in [6.45, 7) is 1.38. The van der Waals surface area contributed by atoms with Crippen molar-refractivity contribution in [1.82, 2.24) is 0 Å². The van der Waals surface area contributed by atoms with E-state index in [0.717, 1.165) is 0 Å². The molecule has 6 heteroatoms. The number of aliphatic hydroxyl groups excluding tert-OH is 1. The monoisotopic (exact) mass is 348 g/mol. The zero-order chi connectivity index (χ0) is 18.7. The molecule has 0 bridgehead atoms. The van der Waals surface area contributed by atoms with Crippen molar-refractivity contribution >= 4 is 23.4 Å². The van der Waals surface area contributed by atoms with Crippen LogP contribution in [0.25, 0.3) is 0 Å². The number of hydrogen-bond donors (Lipinski definition) is 1. The minimum atomic E-state index is -0.714. The summed E-state index contributed by atoms with van der Waals surface area (Å²) in [6, 6.07) is 15.7. The molecule has 0 aliphatic carbocycles. The largest absolute Gasteiger partial charge is 0.512 e. The third-order valence-corrected chi connectivity index (χ3v) is 3.86. The molecule has 0 aromatic heterocycles. The van der Waals surface area contributed by atoms with Crippen LogP contribution >= 0.6 is 0 Å². The molecule has 2 aromatic rings. The lowest BCUT2D eigenvalue weighted by Gasteiger charge is -2.07. The molecule has 26 heavy (non-hydrogen) atoms. The van der Waals surface area contributed by atoms with Crippen molar-refractivity contribution in [3.63, 3.8) is 0 Å². The highest BCUT2D eigenvalue weighted by Crippen LogP contribution is 2.25. The first kappa shape index (κ1) is 17.3. The van der Waals surface area contributed by atoms with E-state index in [2.05, 4.69) is 9.98 Å². The van der Waals surface area contributed by atoms with Crippen LogP contribution in [0.2, 0.25) is 0 Å². The Hall–Kier alpha value is -3.54. The van der Waals surface area contributed by atoms with Gasteiger partial charge in [-0.1, -0.05) is 42.5 Å². The second kappa shape index (κ2) is 7.14. The number of nitrogens with zero attached hydrogens (tertiary/aromatic N) is 2. The number of rotatable bonds is 3. The molecule has 6 nitrogen and oxygen atoms in total. The minimum absolute atomic E-state index is 0.0580. The van der Waals surface area contributed by atoms with Gasteiger partial charge in [0.1, 0.15) is 11.3 Å². The molecule has 0 saturated carbocycles. The van der Waals surface area contributed by atoms with Gasteiger partial charge in [-0.2, -0.15) is 4.99 Å². The Morgan fingerprint density at radius 3 is 2.23 bits per heavy atom. The normalized spacial score (nSPS) is 15.2. The van der Waals surface area contributed by atoms with Gasteiger partial charge < -0.3 is 9.84 Å². The predicted molar refractivity (Wildman–Crippen MR) is 97.6 cm³/mol. The maximum absolute atomic E-state index is 12.4. The Kier molecular flexibility index (Phi) is 4.75. The van der Waals surface area contributed by atoms with Crippen molar-refractivity contribution in [1.29, 1.82) is 0 Å². The number of carbonyl (C=O) groups is 2. The van der Waals surface area contributed by atoms with E-state index in [4.69, 9.17) is 4.74 Å². The third kappa shape index (κ3) is 3.17. The number of allylic oxidation sites excluding steroid dienone is 1. The summed E-state index contributed by atoms with van der Waals surface area (Å²) in [5.41, 5.74) is 1.81. The lowest BCUT2D eigenvalue weighted by Crippen LogP contribution is -2.16. The number of ether oxygens (including phenoxy) is 1. The number of carbonyl (C=O) groups excluding carboxylic acids is 2. The molecule has 1 amide bonds. The summed E-state index contributed by atoms with van der Waals surface area (Å²) in [5, 5.41) is 9.94. The smallest absolute Gasteiger partial charge is 0.343 e. The molecule has 1 aliphatic rings. The maximum atomic E-state index is 12.4. The van der Waals surface area contributed by atoms with Crippen molar-refractivity contribution in [3.8, 4) is 0 Å². The Morgan fingerprint density at radius 1 is 1.00 bits per heavy atom. The summed E-state index contributed by atoms with van der Waals surface area (Å²) in [4.78, 5) is 32.9. The maximum Gasteiger partial charge on any atom is 0.343 e. The highest BCUT2D eigenvalue weighted by atomic mass is 16.5. The molecule has 1 heterocycles. The molecule has 0 radical (unpaired) electrons. The topological polar surface area (TPSA) is 88.3 Å². The Morgan fingerprint density at radius 2 is 1.62 bits per heavy atom. The SMILES string of the molecule is COC(=O)/C(C1=NC(=NC(=O)c2ccccc2)c2ccccc21)=C(\C)O. The molecule has 0 fully saturated rings. The van der Waals surface area contributed by atoms with Crippen LogP contribution in [-0.2, 0) is 9.53 Å². The van der Waals surface area contributed by atoms with Crippen LogP contribution in [0.15, 0.2) is 75.9 Å². The molecule has 0 unspecified atom stereocenters. The Bertz CT molecular complexity index is 968. The Labute approximate surface area is 150 Å². The van der Waals surface area contributed by atoms with Gasteiger partial charge in [0.2, 0.25) is 0 Å². The number of fused-ring (bicyclic) bond motifs is 1. The van der Waals surface area contributed by atoms with Crippen molar-refractivity contribution in [2.24, 2.45) is 9.98 Å². The van der Waals surface area contributed by atoms with E-state index in [9.17, 15) is 14.7 Å². The molecular weight excluding hydrogens is 332 g/mol. The van der Waals surface area contributed by atoms with Gasteiger partial charge >= 0.3 is 5.97 Å². The number of amidine groups is 1. The van der Waals surface area contributed by atoms with E-state index in [-0.39, 0.29) is 22.9 Å². The van der Waals surface area contributed by atoms with Crippen molar-refractivity contribution in [2.75, 3.05) is 7.11 Å². The highest BCUT2D eigenvalue weighted by Gasteiger charge is 2.30. The molecule has 0 spiro atoms. The third-order valence-electron chi connectivity index (χ3n) is 3.86. The van der Waals surface area contributed by atoms with E-state index < -0.39 is 11.9 Å². The van der Waals surface area contributed by atoms with E-state index in [1.807, 2.05) is 6.07 Å². The average molecular weight is 348 g/mol. The van der Waals surface area contributed by atoms with E-state index >= 15 is 0 Å². The molecule has 1 aliphatic heterocycles. The van der Waals surface area contributed by atoms with Gasteiger partial charge in [-0.25, -0.2) is 9.79 Å². The summed E-state index contributed by atoms with van der Waals surface area (Å²) in [5.74, 6) is -1.19. The van der Waals surface area contributed by atoms with Crippen molar-refractivity contribution < 1.29 is 19.4 Å². The summed E-state index contributed by atoms with van der Waals surface area (Å²) >= 11 is 0. The quantitative estimate of drug-likeness (QED) is 0.524. The molecule has 3 rings (SSSR count). The number of aliphatic hydroxyl groups is 1. The van der Waals surface area contributed by atoms with Gasteiger partial charge in [0.15, 0.2) is 5.84 Å². The van der Waals surface area contributed by atoms with Crippen LogP contribution in [-0.4, -0.2) is 35.6 Å². The van der Waals surface area contributed by atoms with Gasteiger partial charge in [-0.3, -0.25) is 4.79 Å². The molecule has 0 atom stereocenters. The first-order chi connectivity index (χ1) is 12.5. The lowest BCUT2D eigenvalue weighted by atomic mass is 9.99. The van der Waals surface area contributed by atoms with Crippen molar-refractivity contribution in [2.45, 2.75) is 6.92 Å². The summed E-state index contributed by atoms with van der Waals surface area (Å²) in [6.07, 6.45) is 0. The van der Waals surface area contributed by atoms with Crippen LogP contribution in [0.3, 0.4) is 0 Å². The fourth-order valence-electron chi connectivity index (χ4n) is 2.65. The van der Waals surface area contributed by atoms with Crippen LogP contribution < -0.4 is 0 Å². The lowest BCUT2D eigenvalue weighted by molar-refractivity contribution is -0.135. The number of hydrogen-bond acceptors (Lipinski definition) is 4. The fraction of sp³-hybridized carbons (Fsp3) is 0.100. The average Bonchev–Trinajstić information content (AvgIpc) is 3.00. The van der Waals surface area contributed by atoms with Crippen LogP contribution in [0, 0.1) is 0 Å². The Balaban J connectivity index is 2.12. The zero-order valence-electron chi connectivity index (χ0n) is 14.3. The van der Waals surface area contributed by atoms with E-state index in [0.29, 0.717) is 16.7 Å². The van der Waals surface area contributed by atoms with E-state index in [1.165, 1.54) is 14.0 Å². The van der Waals surface area contributed by atoms with Gasteiger partial charge in [0, 0.05) is 16.7 Å².